The van der Waals surface area contributed by atoms with Gasteiger partial charge in [0.15, 0.2) is 0 Å². The minimum absolute atomic E-state index is 0.0766. The van der Waals surface area contributed by atoms with Crippen LogP contribution < -0.4 is 20.7 Å². The molecule has 3 aromatic carbocycles. The number of halogens is 1. The van der Waals surface area contributed by atoms with Crippen LogP contribution in [0, 0.1) is 11.8 Å². The summed E-state index contributed by atoms with van der Waals surface area (Å²) in [6.07, 6.45) is 6.83. The first-order valence-corrected chi connectivity index (χ1v) is 17.3. The molecule has 50 heavy (non-hydrogen) atoms. The van der Waals surface area contributed by atoms with Crippen molar-refractivity contribution in [1.29, 1.82) is 0 Å². The van der Waals surface area contributed by atoms with E-state index in [0.717, 1.165) is 5.56 Å². The number of methoxy groups -OCH3 is 1. The minimum atomic E-state index is -1.01. The maximum absolute atomic E-state index is 13.9. The van der Waals surface area contributed by atoms with Crippen LogP contribution in [0.2, 0.25) is 5.02 Å². The smallest absolute Gasteiger partial charge is 0.328 e. The van der Waals surface area contributed by atoms with E-state index in [0.29, 0.717) is 28.3 Å². The summed E-state index contributed by atoms with van der Waals surface area (Å²) in [5.41, 5.74) is 2.39. The Balaban J connectivity index is 1.68. The van der Waals surface area contributed by atoms with Crippen molar-refractivity contribution in [3.8, 4) is 5.75 Å². The lowest BCUT2D eigenvalue weighted by Crippen LogP contribution is -2.50. The highest BCUT2D eigenvalue weighted by Crippen LogP contribution is 2.26. The van der Waals surface area contributed by atoms with Crippen LogP contribution in [0.4, 0.5) is 0 Å². The number of hydrogen-bond donors (Lipinski definition) is 3. The lowest BCUT2D eigenvalue weighted by atomic mass is 9.98. The number of benzene rings is 3. The molecule has 3 N–H and O–H groups in total. The zero-order valence-corrected chi connectivity index (χ0v) is 29.7. The Morgan fingerprint density at radius 1 is 0.900 bits per heavy atom. The van der Waals surface area contributed by atoms with Crippen LogP contribution in [0.1, 0.15) is 62.8 Å². The van der Waals surface area contributed by atoms with Crippen LogP contribution >= 0.6 is 11.6 Å². The van der Waals surface area contributed by atoms with E-state index in [1.54, 1.807) is 24.3 Å². The highest BCUT2D eigenvalue weighted by molar-refractivity contribution is 6.32. The predicted octanol–water partition coefficient (Wildman–Crippen LogP) is 6.38. The quantitative estimate of drug-likeness (QED) is 0.223. The Bertz CT molecular complexity index is 1660. The van der Waals surface area contributed by atoms with Crippen LogP contribution in [0.15, 0.2) is 97.1 Å². The van der Waals surface area contributed by atoms with Gasteiger partial charge in [0.25, 0.3) is 0 Å². The van der Waals surface area contributed by atoms with Crippen molar-refractivity contribution >= 4 is 41.4 Å². The van der Waals surface area contributed by atoms with Gasteiger partial charge in [-0.2, -0.15) is 0 Å². The third-order valence-electron chi connectivity index (χ3n) is 8.41. The van der Waals surface area contributed by atoms with Gasteiger partial charge >= 0.3 is 5.97 Å². The van der Waals surface area contributed by atoms with E-state index in [9.17, 15) is 19.2 Å². The molecule has 1 unspecified atom stereocenters. The second-order valence-corrected chi connectivity index (χ2v) is 13.3. The second kappa shape index (κ2) is 18.8. The van der Waals surface area contributed by atoms with Crippen LogP contribution in [0.25, 0.3) is 6.08 Å². The molecule has 1 heterocycles. The molecule has 0 saturated carbocycles. The predicted molar refractivity (Wildman–Crippen MR) is 195 cm³/mol. The third-order valence-corrected chi connectivity index (χ3v) is 8.70. The molecule has 10 heteroatoms. The fourth-order valence-corrected chi connectivity index (χ4v) is 5.98. The molecule has 264 valence electrons. The third kappa shape index (κ3) is 11.6. The normalized spacial score (nSPS) is 22.3. The molecule has 0 radical (unpaired) electrons. The molecule has 0 aliphatic carbocycles. The molecule has 0 spiro atoms. The zero-order chi connectivity index (χ0) is 36.0. The van der Waals surface area contributed by atoms with E-state index >= 15 is 0 Å². The summed E-state index contributed by atoms with van der Waals surface area (Å²) in [7, 11) is 1.51. The molecule has 3 amide bonds. The van der Waals surface area contributed by atoms with E-state index in [2.05, 4.69) is 16.0 Å². The first kappa shape index (κ1) is 37.9. The first-order chi connectivity index (χ1) is 24.0. The van der Waals surface area contributed by atoms with Crippen LogP contribution in [-0.4, -0.2) is 49.0 Å². The van der Waals surface area contributed by atoms with Crippen LogP contribution in [0.3, 0.4) is 0 Å². The molecule has 0 saturated heterocycles. The van der Waals surface area contributed by atoms with Gasteiger partial charge in [0.05, 0.1) is 24.6 Å². The fraction of sp³-hybridized carbons (Fsp3) is 0.350. The molecule has 0 bridgehead atoms. The first-order valence-electron chi connectivity index (χ1n) is 16.9. The molecular weight excluding hydrogens is 654 g/mol. The summed E-state index contributed by atoms with van der Waals surface area (Å²) >= 11 is 6.38. The number of carbonyl (C=O) groups is 4. The molecule has 9 nitrogen and oxygen atoms in total. The van der Waals surface area contributed by atoms with E-state index in [1.165, 1.54) is 13.2 Å². The summed E-state index contributed by atoms with van der Waals surface area (Å²) in [6, 6.07) is 21.4. The van der Waals surface area contributed by atoms with Crippen LogP contribution in [0.5, 0.6) is 5.75 Å². The number of cyclic esters (lactones) is 1. The topological polar surface area (TPSA) is 123 Å². The van der Waals surface area contributed by atoms with Gasteiger partial charge in [-0.15, -0.1) is 0 Å². The summed E-state index contributed by atoms with van der Waals surface area (Å²) in [6.45, 7) is 5.86. The van der Waals surface area contributed by atoms with Gasteiger partial charge in [-0.3, -0.25) is 14.4 Å². The molecule has 1 aliphatic rings. The molecular formula is C40H46ClN3O6. The van der Waals surface area contributed by atoms with Crippen molar-refractivity contribution in [2.75, 3.05) is 7.11 Å². The van der Waals surface area contributed by atoms with Crippen LogP contribution in [-0.2, 0) is 30.3 Å². The van der Waals surface area contributed by atoms with E-state index in [1.807, 2.05) is 93.6 Å². The van der Waals surface area contributed by atoms with Crippen molar-refractivity contribution in [3.05, 3.63) is 119 Å². The maximum Gasteiger partial charge on any atom is 0.328 e. The Labute approximate surface area is 299 Å². The van der Waals surface area contributed by atoms with E-state index in [4.69, 9.17) is 21.1 Å². The molecule has 5 atom stereocenters. The van der Waals surface area contributed by atoms with Crippen molar-refractivity contribution in [2.45, 2.75) is 70.7 Å². The highest BCUT2D eigenvalue weighted by Gasteiger charge is 2.31. The van der Waals surface area contributed by atoms with Gasteiger partial charge in [-0.05, 0) is 47.2 Å². The molecule has 4 rings (SSSR count). The van der Waals surface area contributed by atoms with E-state index < -0.39 is 47.9 Å². The number of ether oxygens (including phenoxy) is 2. The molecule has 0 aromatic heterocycles. The minimum Gasteiger partial charge on any atom is -0.495 e. The number of amides is 3. The van der Waals surface area contributed by atoms with Crippen molar-refractivity contribution < 1.29 is 28.7 Å². The maximum atomic E-state index is 13.9. The summed E-state index contributed by atoms with van der Waals surface area (Å²) in [5.74, 6) is -1.64. The van der Waals surface area contributed by atoms with Gasteiger partial charge < -0.3 is 25.4 Å². The average molecular weight is 700 g/mol. The molecule has 3 aromatic rings. The Hall–Kier alpha value is -4.89. The summed E-state index contributed by atoms with van der Waals surface area (Å²) in [4.78, 5) is 54.5. The van der Waals surface area contributed by atoms with Gasteiger partial charge in [-0.25, -0.2) is 4.79 Å². The van der Waals surface area contributed by atoms with Gasteiger partial charge in [0.2, 0.25) is 17.7 Å². The van der Waals surface area contributed by atoms with Gasteiger partial charge in [0, 0.05) is 18.8 Å². The monoisotopic (exact) mass is 699 g/mol. The number of esters is 1. The average Bonchev–Trinajstić information content (AvgIpc) is 3.09. The zero-order valence-electron chi connectivity index (χ0n) is 28.9. The molecule has 1 aliphatic heterocycles. The lowest BCUT2D eigenvalue weighted by molar-refractivity contribution is -0.155. The standard InChI is InChI=1S/C40H46ClN3O6/c1-26(2)22-34-40(48)50-35(27(3)18-19-28-12-7-5-8-13-28)16-11-17-37(45)42-33(24-29-20-21-36(49-4)31(41)23-29)39(47)44-32(25-38(46)43-34)30-14-9-6-10-15-30/h5-15,17-21,23,26-27,32-35H,16,22,24-25H2,1-4H3,(H,42,45)(H,43,46)(H,44,47)/b17-11+,19-18+/t27-,32?,33-,34+,35+/m1/s1. The number of nitrogens with one attached hydrogen (secondary N) is 3. The SMILES string of the molecule is COc1ccc(C[C@H]2NC(=O)/C=C/C[C@@H]([C@H](C)/C=C/c3ccccc3)OC(=O)[C@H](CC(C)C)NC(=O)CC(c3ccccc3)NC2=O)cc1Cl. The number of hydrogen-bond acceptors (Lipinski definition) is 6. The highest BCUT2D eigenvalue weighted by atomic mass is 35.5. The van der Waals surface area contributed by atoms with Gasteiger partial charge in [0.1, 0.15) is 23.9 Å². The van der Waals surface area contributed by atoms with Crippen molar-refractivity contribution in [1.82, 2.24) is 16.0 Å². The Morgan fingerprint density at radius 2 is 1.60 bits per heavy atom. The van der Waals surface area contributed by atoms with Gasteiger partial charge in [-0.1, -0.05) is 117 Å². The fourth-order valence-electron chi connectivity index (χ4n) is 5.70. The largest absolute Gasteiger partial charge is 0.495 e. The van der Waals surface area contributed by atoms with Crippen molar-refractivity contribution in [3.63, 3.8) is 0 Å². The Kier molecular flexibility index (Phi) is 14.2. The second-order valence-electron chi connectivity index (χ2n) is 12.9. The molecule has 0 fully saturated rings. The number of rotatable bonds is 9. The number of carbonyl (C=O) groups excluding carboxylic acids is 4. The van der Waals surface area contributed by atoms with Crippen molar-refractivity contribution in [2.24, 2.45) is 11.8 Å². The lowest BCUT2D eigenvalue weighted by Gasteiger charge is -2.27. The Morgan fingerprint density at radius 3 is 2.26 bits per heavy atom. The summed E-state index contributed by atoms with van der Waals surface area (Å²) < 4.78 is 11.3. The summed E-state index contributed by atoms with van der Waals surface area (Å²) in [5, 5.41) is 9.05. The van der Waals surface area contributed by atoms with E-state index in [-0.39, 0.29) is 31.1 Å².